The molecule has 5 rings (SSSR count). The molecule has 4 aromatic rings. The van der Waals surface area contributed by atoms with Crippen LogP contribution in [0.2, 0.25) is 4.34 Å². The van der Waals surface area contributed by atoms with Crippen molar-refractivity contribution in [2.45, 2.75) is 6.92 Å². The van der Waals surface area contributed by atoms with Gasteiger partial charge >= 0.3 is 0 Å². The lowest BCUT2D eigenvalue weighted by Gasteiger charge is -2.26. The molecule has 0 atom stereocenters. The van der Waals surface area contributed by atoms with Crippen molar-refractivity contribution in [1.29, 1.82) is 0 Å². The van der Waals surface area contributed by atoms with Crippen LogP contribution in [0.15, 0.2) is 54.6 Å². The van der Waals surface area contributed by atoms with Crippen LogP contribution in [0.3, 0.4) is 0 Å². The average molecular weight is 550 g/mol. The minimum Gasteiger partial charge on any atom is -0.378 e. The summed E-state index contributed by atoms with van der Waals surface area (Å²) < 4.78 is 5.86. The number of hydrogen-bond donors (Lipinski definition) is 3. The van der Waals surface area contributed by atoms with Crippen LogP contribution in [-0.2, 0) is 4.74 Å². The number of carbonyl (C=O) groups excluding carboxylic acids is 2. The predicted octanol–water partition coefficient (Wildman–Crippen LogP) is 4.61. The Morgan fingerprint density at radius 1 is 1.03 bits per heavy atom. The minimum absolute atomic E-state index is 0.0313. The largest absolute Gasteiger partial charge is 0.378 e. The number of morpholine rings is 1. The molecule has 1 aliphatic heterocycles. The van der Waals surface area contributed by atoms with Crippen molar-refractivity contribution in [3.63, 3.8) is 0 Å². The van der Waals surface area contributed by atoms with Gasteiger partial charge in [-0.3, -0.25) is 9.59 Å². The Hall–Kier alpha value is -4.06. The van der Waals surface area contributed by atoms with E-state index in [1.165, 1.54) is 11.3 Å². The highest BCUT2D eigenvalue weighted by molar-refractivity contribution is 7.18. The van der Waals surface area contributed by atoms with Gasteiger partial charge in [0.05, 0.1) is 22.4 Å². The normalized spacial score (nSPS) is 13.3. The first-order chi connectivity index (χ1) is 18.4. The number of nitrogens with one attached hydrogen (secondary N) is 2. The van der Waals surface area contributed by atoms with E-state index in [-0.39, 0.29) is 23.7 Å². The van der Waals surface area contributed by atoms with Crippen LogP contribution in [0.25, 0.3) is 11.4 Å². The quantitative estimate of drug-likeness (QED) is 0.317. The first-order valence-electron chi connectivity index (χ1n) is 11.8. The molecule has 2 aromatic carbocycles. The summed E-state index contributed by atoms with van der Waals surface area (Å²) in [4.78, 5) is 40.7. The molecule has 0 saturated carbocycles. The van der Waals surface area contributed by atoms with Crippen LogP contribution >= 0.6 is 22.9 Å². The Bertz CT molecular complexity index is 1490. The molecule has 0 radical (unpaired) electrons. The Morgan fingerprint density at radius 3 is 2.50 bits per heavy atom. The maximum absolute atomic E-state index is 12.7. The summed E-state index contributed by atoms with van der Waals surface area (Å²) in [6.07, 6.45) is 0. The number of nitrogens with two attached hydrogens (primary N) is 1. The maximum Gasteiger partial charge on any atom is 0.265 e. The van der Waals surface area contributed by atoms with E-state index in [0.717, 1.165) is 5.56 Å². The van der Waals surface area contributed by atoms with Crippen LogP contribution < -0.4 is 16.4 Å². The van der Waals surface area contributed by atoms with Gasteiger partial charge in [-0.2, -0.15) is 15.0 Å². The third-order valence-electron chi connectivity index (χ3n) is 5.96. The third kappa shape index (κ3) is 5.75. The summed E-state index contributed by atoms with van der Waals surface area (Å²) in [6, 6.07) is 15.9. The molecule has 38 heavy (non-hydrogen) atoms. The van der Waals surface area contributed by atoms with Crippen molar-refractivity contribution >= 4 is 58.0 Å². The molecule has 0 bridgehead atoms. The summed E-state index contributed by atoms with van der Waals surface area (Å²) in [5.74, 6) is 0.360. The zero-order valence-corrected chi connectivity index (χ0v) is 22.0. The first-order valence-corrected chi connectivity index (χ1v) is 13.0. The highest BCUT2D eigenvalue weighted by atomic mass is 35.5. The Balaban J connectivity index is 1.34. The number of nitrogen functional groups attached to an aromatic ring is 1. The fraction of sp³-hybridized carbons (Fsp3) is 0.192. The summed E-state index contributed by atoms with van der Waals surface area (Å²) in [7, 11) is 0. The van der Waals surface area contributed by atoms with Gasteiger partial charge < -0.3 is 26.0 Å². The van der Waals surface area contributed by atoms with Gasteiger partial charge in [-0.1, -0.05) is 23.7 Å². The van der Waals surface area contributed by atoms with E-state index in [9.17, 15) is 9.59 Å². The molecule has 4 N–H and O–H groups in total. The zero-order valence-electron chi connectivity index (χ0n) is 20.4. The summed E-state index contributed by atoms with van der Waals surface area (Å²) in [5.41, 5.74) is 9.35. The van der Waals surface area contributed by atoms with Crippen molar-refractivity contribution in [2.75, 3.05) is 42.7 Å². The topological polar surface area (TPSA) is 135 Å². The number of carbonyl (C=O) groups is 2. The second-order valence-electron chi connectivity index (χ2n) is 8.48. The summed E-state index contributed by atoms with van der Waals surface area (Å²) >= 11 is 7.17. The van der Waals surface area contributed by atoms with Gasteiger partial charge in [0.25, 0.3) is 11.8 Å². The number of rotatable bonds is 6. The number of nitrogens with zero attached hydrogens (tertiary/aromatic N) is 4. The van der Waals surface area contributed by atoms with Gasteiger partial charge in [-0.05, 0) is 55.0 Å². The molecule has 0 aliphatic carbocycles. The standard InChI is InChI=1S/C26H24ClN7O3S/c1-15-18(3-2-4-19(15)30-23(35)20-9-10-21(27)38-20)22-31-25(28)33-26(32-22)29-17-7-5-16(6-8-17)24(36)34-11-13-37-14-12-34/h2-10H,11-14H2,1H3,(H,30,35)(H3,28,29,31,32,33). The number of hydrogen-bond acceptors (Lipinski definition) is 9. The maximum atomic E-state index is 12.7. The van der Waals surface area contributed by atoms with Crippen molar-refractivity contribution in [1.82, 2.24) is 19.9 Å². The Labute approximate surface area is 227 Å². The van der Waals surface area contributed by atoms with Crippen LogP contribution in [-0.4, -0.2) is 58.0 Å². The lowest BCUT2D eigenvalue weighted by atomic mass is 10.1. The van der Waals surface area contributed by atoms with E-state index in [0.29, 0.717) is 63.8 Å². The highest BCUT2D eigenvalue weighted by Crippen LogP contribution is 2.29. The Morgan fingerprint density at radius 2 is 1.79 bits per heavy atom. The number of anilines is 4. The van der Waals surface area contributed by atoms with Crippen molar-refractivity contribution in [3.8, 4) is 11.4 Å². The number of amides is 2. The molecule has 10 nitrogen and oxygen atoms in total. The molecule has 1 saturated heterocycles. The van der Waals surface area contributed by atoms with Crippen LogP contribution in [0.4, 0.5) is 23.3 Å². The van der Waals surface area contributed by atoms with Gasteiger partial charge in [0, 0.05) is 35.6 Å². The average Bonchev–Trinajstić information content (AvgIpc) is 3.36. The summed E-state index contributed by atoms with van der Waals surface area (Å²) in [5, 5.41) is 6.04. The third-order valence-corrected chi connectivity index (χ3v) is 7.19. The predicted molar refractivity (Wildman–Crippen MR) is 148 cm³/mol. The number of thiophene rings is 1. The first kappa shape index (κ1) is 25.6. The molecule has 3 heterocycles. The molecule has 12 heteroatoms. The smallest absolute Gasteiger partial charge is 0.265 e. The molecule has 2 aromatic heterocycles. The lowest BCUT2D eigenvalue weighted by Crippen LogP contribution is -2.40. The minimum atomic E-state index is -0.254. The van der Waals surface area contributed by atoms with E-state index in [2.05, 4.69) is 25.6 Å². The van der Waals surface area contributed by atoms with E-state index >= 15 is 0 Å². The number of ether oxygens (including phenoxy) is 1. The van der Waals surface area contributed by atoms with E-state index in [1.807, 2.05) is 13.0 Å². The second kappa shape index (κ2) is 11.1. The molecule has 194 valence electrons. The van der Waals surface area contributed by atoms with Gasteiger partial charge in [-0.25, -0.2) is 0 Å². The number of aromatic nitrogens is 3. The Kier molecular flexibility index (Phi) is 7.50. The number of halogens is 1. The van der Waals surface area contributed by atoms with Crippen LogP contribution in [0.5, 0.6) is 0 Å². The second-order valence-corrected chi connectivity index (χ2v) is 10.2. The van der Waals surface area contributed by atoms with E-state index < -0.39 is 0 Å². The van der Waals surface area contributed by atoms with Crippen molar-refractivity contribution < 1.29 is 14.3 Å². The van der Waals surface area contributed by atoms with Crippen LogP contribution in [0, 0.1) is 6.92 Å². The molecule has 2 amide bonds. The molecular formula is C26H24ClN7O3S. The van der Waals surface area contributed by atoms with E-state index in [4.69, 9.17) is 22.1 Å². The monoisotopic (exact) mass is 549 g/mol. The zero-order chi connectivity index (χ0) is 26.6. The highest BCUT2D eigenvalue weighted by Gasteiger charge is 2.19. The van der Waals surface area contributed by atoms with Crippen molar-refractivity contribution in [2.24, 2.45) is 0 Å². The molecular weight excluding hydrogens is 526 g/mol. The SMILES string of the molecule is Cc1c(NC(=O)c2ccc(Cl)s2)cccc1-c1nc(N)nc(Nc2ccc(C(=O)N3CCOCC3)cc2)n1. The van der Waals surface area contributed by atoms with Crippen molar-refractivity contribution in [3.05, 3.63) is 74.9 Å². The summed E-state index contributed by atoms with van der Waals surface area (Å²) in [6.45, 7) is 4.13. The van der Waals surface area contributed by atoms with E-state index in [1.54, 1.807) is 53.4 Å². The van der Waals surface area contributed by atoms with Crippen LogP contribution in [0.1, 0.15) is 25.6 Å². The number of benzene rings is 2. The van der Waals surface area contributed by atoms with Gasteiger partial charge in [0.1, 0.15) is 0 Å². The fourth-order valence-electron chi connectivity index (χ4n) is 3.98. The van der Waals surface area contributed by atoms with Gasteiger partial charge in [0.2, 0.25) is 11.9 Å². The lowest BCUT2D eigenvalue weighted by molar-refractivity contribution is 0.0303. The van der Waals surface area contributed by atoms with Gasteiger partial charge in [-0.15, -0.1) is 11.3 Å². The fourth-order valence-corrected chi connectivity index (χ4v) is 4.91. The molecule has 1 fully saturated rings. The molecule has 0 unspecified atom stereocenters. The van der Waals surface area contributed by atoms with Gasteiger partial charge in [0.15, 0.2) is 5.82 Å². The molecule has 1 aliphatic rings. The molecule has 0 spiro atoms.